The van der Waals surface area contributed by atoms with Crippen molar-refractivity contribution in [1.82, 2.24) is 5.32 Å². The van der Waals surface area contributed by atoms with Crippen molar-refractivity contribution in [2.45, 2.75) is 76.4 Å². The lowest BCUT2D eigenvalue weighted by Gasteiger charge is -2.64. The largest absolute Gasteiger partial charge is 0.462 e. The molecule has 6 heteroatoms. The van der Waals surface area contributed by atoms with Gasteiger partial charge in [0.2, 0.25) is 5.91 Å². The molecule has 5 nitrogen and oxygen atoms in total. The van der Waals surface area contributed by atoms with E-state index in [1.165, 1.54) is 12.0 Å². The molecule has 4 fully saturated rings. The Morgan fingerprint density at radius 1 is 1.06 bits per heavy atom. The molecule has 6 atom stereocenters. The molecule has 1 heterocycles. The van der Waals surface area contributed by atoms with E-state index >= 15 is 0 Å². The summed E-state index contributed by atoms with van der Waals surface area (Å²) in [7, 11) is -0.311. The van der Waals surface area contributed by atoms with Gasteiger partial charge in [0.25, 0.3) is 0 Å². The van der Waals surface area contributed by atoms with Crippen molar-refractivity contribution in [3.05, 3.63) is 71.8 Å². The molecule has 186 valence electrons. The molecule has 3 aliphatic carbocycles. The van der Waals surface area contributed by atoms with Crippen LogP contribution in [0, 0.1) is 17.3 Å². The van der Waals surface area contributed by atoms with Gasteiger partial charge in [0.05, 0.1) is 17.7 Å². The predicted octanol–water partition coefficient (Wildman–Crippen LogP) is 4.40. The van der Waals surface area contributed by atoms with Crippen molar-refractivity contribution in [2.24, 2.45) is 23.0 Å². The van der Waals surface area contributed by atoms with E-state index in [0.29, 0.717) is 30.2 Å². The maximum atomic E-state index is 12.9. The van der Waals surface area contributed by atoms with Gasteiger partial charge in [-0.1, -0.05) is 74.5 Å². The van der Waals surface area contributed by atoms with Crippen molar-refractivity contribution < 1.29 is 14.1 Å². The second kappa shape index (κ2) is 9.72. The zero-order valence-electron chi connectivity index (χ0n) is 21.3. The summed E-state index contributed by atoms with van der Waals surface area (Å²) >= 11 is 0. The van der Waals surface area contributed by atoms with E-state index in [2.05, 4.69) is 50.4 Å². The SMILES string of the molecule is CC1(C)[C@H]2C[C@@H]3OB(C(CCc4ccccc4)CNC(=O)[C@@H](N)Cc4ccccc4)O[C@]3(C)[C@@H]1C2. The molecule has 35 heavy (non-hydrogen) atoms. The van der Waals surface area contributed by atoms with Crippen molar-refractivity contribution in [2.75, 3.05) is 6.54 Å². The molecule has 1 unspecified atom stereocenters. The average molecular weight is 474 g/mol. The summed E-state index contributed by atoms with van der Waals surface area (Å²) in [4.78, 5) is 12.9. The number of nitrogens with one attached hydrogen (secondary N) is 1. The highest BCUT2D eigenvalue weighted by atomic mass is 16.7. The minimum absolute atomic E-state index is 0.0609. The van der Waals surface area contributed by atoms with Gasteiger partial charge in [0, 0.05) is 12.4 Å². The fourth-order valence-electron chi connectivity index (χ4n) is 6.76. The van der Waals surface area contributed by atoms with Crippen LogP contribution in [0.1, 0.15) is 51.2 Å². The van der Waals surface area contributed by atoms with Crippen LogP contribution in [0.15, 0.2) is 60.7 Å². The number of amides is 1. The molecule has 6 rings (SSSR count). The standard InChI is InChI=1S/C29H39BN2O3/c1-28(2)22-17-25(28)29(3)26(18-22)34-30(35-29)23(15-14-20-10-6-4-7-11-20)19-32-27(33)24(31)16-21-12-8-5-9-13-21/h4-13,22-26H,14-19,31H2,1-3H3,(H,32,33)/t22-,23?,24+,25-,26+,29-/m1/s1. The third-order valence-corrected chi connectivity index (χ3v) is 9.17. The van der Waals surface area contributed by atoms with Crippen LogP contribution >= 0.6 is 0 Å². The van der Waals surface area contributed by atoms with Crippen molar-refractivity contribution >= 4 is 13.0 Å². The van der Waals surface area contributed by atoms with Gasteiger partial charge in [0.1, 0.15) is 0 Å². The first-order chi connectivity index (χ1) is 16.8. The maximum Gasteiger partial charge on any atom is 0.462 e. The van der Waals surface area contributed by atoms with Crippen LogP contribution in [0.4, 0.5) is 0 Å². The summed E-state index contributed by atoms with van der Waals surface area (Å²) in [6.45, 7) is 7.51. The molecule has 0 radical (unpaired) electrons. The molecule has 3 N–H and O–H groups in total. The lowest BCUT2D eigenvalue weighted by Crippen LogP contribution is -2.65. The minimum Gasteiger partial charge on any atom is -0.405 e. The molecule has 2 bridgehead atoms. The van der Waals surface area contributed by atoms with Gasteiger partial charge in [-0.05, 0) is 67.4 Å². The number of carbonyl (C=O) groups is 1. The molecular weight excluding hydrogens is 435 g/mol. The summed E-state index contributed by atoms with van der Waals surface area (Å²) < 4.78 is 13.4. The van der Waals surface area contributed by atoms with E-state index in [0.717, 1.165) is 24.8 Å². The van der Waals surface area contributed by atoms with Crippen molar-refractivity contribution in [3.8, 4) is 0 Å². The van der Waals surface area contributed by atoms with E-state index in [4.69, 9.17) is 15.0 Å². The fraction of sp³-hybridized carbons (Fsp3) is 0.552. The molecule has 2 aromatic rings. The van der Waals surface area contributed by atoms with Gasteiger partial charge < -0.3 is 20.4 Å². The first-order valence-electron chi connectivity index (χ1n) is 13.2. The Bertz CT molecular complexity index is 1020. The summed E-state index contributed by atoms with van der Waals surface area (Å²) in [5, 5.41) is 3.12. The van der Waals surface area contributed by atoms with Gasteiger partial charge in [-0.2, -0.15) is 0 Å². The summed E-state index contributed by atoms with van der Waals surface area (Å²) in [5.74, 6) is 1.17. The summed E-state index contributed by atoms with van der Waals surface area (Å²) in [6.07, 6.45) is 4.75. The Morgan fingerprint density at radius 2 is 1.71 bits per heavy atom. The average Bonchev–Trinajstić information content (AvgIpc) is 3.22. The Labute approximate surface area is 210 Å². The molecular formula is C29H39BN2O3. The maximum absolute atomic E-state index is 12.9. The molecule has 3 saturated carbocycles. The Kier molecular flexibility index (Phi) is 6.82. The predicted molar refractivity (Wildman–Crippen MR) is 140 cm³/mol. The van der Waals surface area contributed by atoms with E-state index < -0.39 is 6.04 Å². The molecule has 1 amide bonds. The number of hydrogen-bond donors (Lipinski definition) is 2. The topological polar surface area (TPSA) is 73.6 Å². The second-order valence-corrected chi connectivity index (χ2v) is 11.7. The minimum atomic E-state index is -0.578. The number of rotatable bonds is 9. The van der Waals surface area contributed by atoms with Gasteiger partial charge >= 0.3 is 7.12 Å². The lowest BCUT2D eigenvalue weighted by molar-refractivity contribution is -0.199. The Hall–Kier alpha value is -2.15. The number of hydrogen-bond acceptors (Lipinski definition) is 4. The monoisotopic (exact) mass is 474 g/mol. The van der Waals surface area contributed by atoms with Crippen LogP contribution in [-0.2, 0) is 26.9 Å². The molecule has 0 spiro atoms. The van der Waals surface area contributed by atoms with Crippen LogP contribution < -0.4 is 11.1 Å². The van der Waals surface area contributed by atoms with Gasteiger partial charge in [-0.25, -0.2) is 0 Å². The molecule has 0 aromatic heterocycles. The number of carbonyl (C=O) groups excluding carboxylic acids is 1. The van der Waals surface area contributed by atoms with E-state index in [1.54, 1.807) is 0 Å². The van der Waals surface area contributed by atoms with Gasteiger partial charge in [0.15, 0.2) is 0 Å². The van der Waals surface area contributed by atoms with Crippen molar-refractivity contribution in [3.63, 3.8) is 0 Å². The van der Waals surface area contributed by atoms with E-state index in [9.17, 15) is 4.79 Å². The highest BCUT2D eigenvalue weighted by molar-refractivity contribution is 6.47. The highest BCUT2D eigenvalue weighted by Gasteiger charge is 2.68. The Balaban J connectivity index is 1.25. The third-order valence-electron chi connectivity index (χ3n) is 9.17. The zero-order chi connectivity index (χ0) is 24.6. The molecule has 4 aliphatic rings. The summed E-state index contributed by atoms with van der Waals surface area (Å²) in [6, 6.07) is 19.8. The first-order valence-corrected chi connectivity index (χ1v) is 13.2. The fourth-order valence-corrected chi connectivity index (χ4v) is 6.76. The van der Waals surface area contributed by atoms with Crippen LogP contribution in [0.2, 0.25) is 5.82 Å². The van der Waals surface area contributed by atoms with Gasteiger partial charge in [-0.3, -0.25) is 4.79 Å². The second-order valence-electron chi connectivity index (χ2n) is 11.7. The molecule has 1 aliphatic heterocycles. The lowest BCUT2D eigenvalue weighted by atomic mass is 9.43. The smallest absolute Gasteiger partial charge is 0.405 e. The Morgan fingerprint density at radius 3 is 2.37 bits per heavy atom. The summed E-state index contributed by atoms with van der Waals surface area (Å²) in [5.41, 5.74) is 8.66. The number of benzene rings is 2. The van der Waals surface area contributed by atoms with Gasteiger partial charge in [-0.15, -0.1) is 0 Å². The van der Waals surface area contributed by atoms with E-state index in [1.807, 2.05) is 36.4 Å². The van der Waals surface area contributed by atoms with Crippen LogP contribution in [0.5, 0.6) is 0 Å². The molecule has 1 saturated heterocycles. The van der Waals surface area contributed by atoms with Crippen LogP contribution in [0.3, 0.4) is 0 Å². The van der Waals surface area contributed by atoms with Crippen LogP contribution in [-0.4, -0.2) is 37.3 Å². The third kappa shape index (κ3) is 4.81. The highest BCUT2D eigenvalue weighted by Crippen LogP contribution is 2.66. The first kappa shape index (κ1) is 24.5. The normalized spacial score (nSPS) is 30.2. The number of nitrogens with two attached hydrogens (primary N) is 1. The van der Waals surface area contributed by atoms with Crippen molar-refractivity contribution in [1.29, 1.82) is 0 Å². The number of aryl methyl sites for hydroxylation is 1. The molecule has 2 aromatic carbocycles. The van der Waals surface area contributed by atoms with E-state index in [-0.39, 0.29) is 30.5 Å². The quantitative estimate of drug-likeness (QED) is 0.529. The zero-order valence-corrected chi connectivity index (χ0v) is 21.3. The van der Waals surface area contributed by atoms with Crippen LogP contribution in [0.25, 0.3) is 0 Å².